The second-order valence-electron chi connectivity index (χ2n) is 2.97. The molecular weight excluding hydrogens is 210 g/mol. The summed E-state index contributed by atoms with van der Waals surface area (Å²) in [6.45, 7) is 0. The summed E-state index contributed by atoms with van der Waals surface area (Å²) in [4.78, 5) is 5.46. The molecule has 0 saturated carbocycles. The van der Waals surface area contributed by atoms with Crippen LogP contribution < -0.4 is 0 Å². The minimum atomic E-state index is 0.659. The summed E-state index contributed by atoms with van der Waals surface area (Å²) < 4.78 is 0. The van der Waals surface area contributed by atoms with Gasteiger partial charge in [0.25, 0.3) is 0 Å². The summed E-state index contributed by atoms with van der Waals surface area (Å²) in [5.74, 6) is 1.45. The molecule has 6 heteroatoms. The van der Waals surface area contributed by atoms with Gasteiger partial charge in [-0.3, -0.25) is 10.2 Å². The van der Waals surface area contributed by atoms with Crippen molar-refractivity contribution in [1.29, 1.82) is 0 Å². The normalized spacial score (nSPS) is 10.7. The zero-order valence-electron chi connectivity index (χ0n) is 7.64. The molecule has 5 nitrogen and oxygen atoms in total. The van der Waals surface area contributed by atoms with Crippen LogP contribution in [0.15, 0.2) is 29.9 Å². The Balaban J connectivity index is 2.02. The van der Waals surface area contributed by atoms with Gasteiger partial charge in [0.05, 0.1) is 16.6 Å². The summed E-state index contributed by atoms with van der Waals surface area (Å²) >= 11 is 1.63. The van der Waals surface area contributed by atoms with Crippen molar-refractivity contribution >= 4 is 11.3 Å². The van der Waals surface area contributed by atoms with E-state index in [1.165, 1.54) is 0 Å². The van der Waals surface area contributed by atoms with Gasteiger partial charge in [0.15, 0.2) is 11.6 Å². The van der Waals surface area contributed by atoms with E-state index in [0.29, 0.717) is 5.82 Å². The third-order valence-corrected chi connectivity index (χ3v) is 2.87. The van der Waals surface area contributed by atoms with Gasteiger partial charge < -0.3 is 0 Å². The maximum atomic E-state index is 4.38. The SMILES string of the molecule is c1csc(-c2nc(-c3cn[nH]c3)n[nH]2)c1. The molecule has 0 fully saturated rings. The monoisotopic (exact) mass is 217 g/mol. The third kappa shape index (κ3) is 1.44. The van der Waals surface area contributed by atoms with Gasteiger partial charge in [-0.1, -0.05) is 6.07 Å². The molecule has 0 bridgehead atoms. The number of aromatic amines is 2. The second kappa shape index (κ2) is 3.32. The fourth-order valence-corrected chi connectivity index (χ4v) is 1.95. The highest BCUT2D eigenvalue weighted by molar-refractivity contribution is 7.13. The van der Waals surface area contributed by atoms with E-state index in [1.807, 2.05) is 17.5 Å². The van der Waals surface area contributed by atoms with Crippen LogP contribution in [0.4, 0.5) is 0 Å². The predicted octanol–water partition coefficient (Wildman–Crippen LogP) is 1.92. The molecule has 0 amide bonds. The fraction of sp³-hybridized carbons (Fsp3) is 0. The lowest BCUT2D eigenvalue weighted by atomic mass is 10.3. The first-order chi connectivity index (χ1) is 7.43. The van der Waals surface area contributed by atoms with Crippen LogP contribution in [0.3, 0.4) is 0 Å². The Morgan fingerprint density at radius 2 is 2.33 bits per heavy atom. The molecule has 3 aromatic heterocycles. The first kappa shape index (κ1) is 8.37. The standard InChI is InChI=1S/C9H7N5S/c1-2-7(15-3-1)9-12-8(13-14-9)6-4-10-11-5-6/h1-5H,(H,10,11)(H,12,13,14). The van der Waals surface area contributed by atoms with Crippen molar-refractivity contribution in [1.82, 2.24) is 25.4 Å². The van der Waals surface area contributed by atoms with Crippen molar-refractivity contribution in [3.63, 3.8) is 0 Å². The Bertz CT molecular complexity index is 488. The fourth-order valence-electron chi connectivity index (χ4n) is 1.29. The smallest absolute Gasteiger partial charge is 0.184 e. The maximum absolute atomic E-state index is 4.38. The van der Waals surface area contributed by atoms with Crippen LogP contribution in [0, 0.1) is 0 Å². The number of hydrogen-bond acceptors (Lipinski definition) is 4. The van der Waals surface area contributed by atoms with E-state index < -0.39 is 0 Å². The lowest BCUT2D eigenvalue weighted by Crippen LogP contribution is -1.76. The van der Waals surface area contributed by atoms with Gasteiger partial charge in [-0.05, 0) is 11.4 Å². The zero-order chi connectivity index (χ0) is 10.1. The van der Waals surface area contributed by atoms with Crippen molar-refractivity contribution in [2.75, 3.05) is 0 Å². The number of nitrogens with one attached hydrogen (secondary N) is 2. The van der Waals surface area contributed by atoms with Crippen molar-refractivity contribution in [2.24, 2.45) is 0 Å². The van der Waals surface area contributed by atoms with Crippen LogP contribution in [-0.2, 0) is 0 Å². The van der Waals surface area contributed by atoms with Gasteiger partial charge in [-0.2, -0.15) is 10.2 Å². The maximum Gasteiger partial charge on any atom is 0.184 e. The van der Waals surface area contributed by atoms with Crippen LogP contribution in [0.1, 0.15) is 0 Å². The van der Waals surface area contributed by atoms with Gasteiger partial charge in [0.1, 0.15) is 0 Å². The molecule has 74 valence electrons. The first-order valence-electron chi connectivity index (χ1n) is 4.39. The molecule has 0 aliphatic heterocycles. The molecule has 0 unspecified atom stereocenters. The quantitative estimate of drug-likeness (QED) is 0.689. The summed E-state index contributed by atoms with van der Waals surface area (Å²) in [6, 6.07) is 3.99. The number of nitrogens with zero attached hydrogens (tertiary/aromatic N) is 3. The number of hydrogen-bond donors (Lipinski definition) is 2. The molecule has 3 rings (SSSR count). The number of thiophene rings is 1. The van der Waals surface area contributed by atoms with E-state index >= 15 is 0 Å². The van der Waals surface area contributed by atoms with Gasteiger partial charge in [-0.25, -0.2) is 4.98 Å². The number of aromatic nitrogens is 5. The average Bonchev–Trinajstić information content (AvgIpc) is 3.02. The molecule has 0 aliphatic rings. The summed E-state index contributed by atoms with van der Waals surface area (Å²) in [6.07, 6.45) is 3.46. The Kier molecular flexibility index (Phi) is 1.85. The minimum Gasteiger partial charge on any atom is -0.285 e. The summed E-state index contributed by atoms with van der Waals surface area (Å²) in [7, 11) is 0. The van der Waals surface area contributed by atoms with Gasteiger partial charge in [0, 0.05) is 6.20 Å². The van der Waals surface area contributed by atoms with Crippen molar-refractivity contribution in [3.05, 3.63) is 29.9 Å². The van der Waals surface area contributed by atoms with Crippen LogP contribution in [-0.4, -0.2) is 25.4 Å². The molecule has 0 aromatic carbocycles. The highest BCUT2D eigenvalue weighted by atomic mass is 32.1. The van der Waals surface area contributed by atoms with Crippen LogP contribution in [0.2, 0.25) is 0 Å². The molecule has 2 N–H and O–H groups in total. The first-order valence-corrected chi connectivity index (χ1v) is 5.27. The average molecular weight is 217 g/mol. The molecule has 0 spiro atoms. The van der Waals surface area contributed by atoms with Crippen molar-refractivity contribution in [3.8, 4) is 22.1 Å². The third-order valence-electron chi connectivity index (χ3n) is 2.00. The van der Waals surface area contributed by atoms with Crippen LogP contribution >= 0.6 is 11.3 Å². The van der Waals surface area contributed by atoms with Gasteiger partial charge in [0.2, 0.25) is 0 Å². The molecule has 0 atom stereocenters. The van der Waals surface area contributed by atoms with Crippen molar-refractivity contribution < 1.29 is 0 Å². The molecule has 15 heavy (non-hydrogen) atoms. The molecule has 0 radical (unpaired) electrons. The van der Waals surface area contributed by atoms with E-state index in [1.54, 1.807) is 23.7 Å². The highest BCUT2D eigenvalue weighted by Crippen LogP contribution is 2.22. The largest absolute Gasteiger partial charge is 0.285 e. The zero-order valence-corrected chi connectivity index (χ0v) is 8.45. The highest BCUT2D eigenvalue weighted by Gasteiger charge is 2.08. The van der Waals surface area contributed by atoms with Crippen LogP contribution in [0.25, 0.3) is 22.1 Å². The molecule has 3 aromatic rings. The number of H-pyrrole nitrogens is 2. The Hall–Kier alpha value is -1.95. The van der Waals surface area contributed by atoms with Crippen molar-refractivity contribution in [2.45, 2.75) is 0 Å². The van der Waals surface area contributed by atoms with Gasteiger partial charge in [-0.15, -0.1) is 11.3 Å². The van der Waals surface area contributed by atoms with E-state index in [0.717, 1.165) is 16.3 Å². The molecular formula is C9H7N5S. The second-order valence-corrected chi connectivity index (χ2v) is 3.92. The van der Waals surface area contributed by atoms with E-state index in [2.05, 4.69) is 25.4 Å². The Morgan fingerprint density at radius 1 is 1.33 bits per heavy atom. The lowest BCUT2D eigenvalue weighted by Gasteiger charge is -1.85. The Morgan fingerprint density at radius 3 is 3.07 bits per heavy atom. The topological polar surface area (TPSA) is 70.2 Å². The number of rotatable bonds is 2. The lowest BCUT2D eigenvalue weighted by molar-refractivity contribution is 1.09. The summed E-state index contributed by atoms with van der Waals surface area (Å²) in [5.41, 5.74) is 0.883. The van der Waals surface area contributed by atoms with E-state index in [9.17, 15) is 0 Å². The van der Waals surface area contributed by atoms with E-state index in [4.69, 9.17) is 0 Å². The Labute approximate surface area is 89.2 Å². The van der Waals surface area contributed by atoms with E-state index in [-0.39, 0.29) is 0 Å². The summed E-state index contributed by atoms with van der Waals surface area (Å²) in [5, 5.41) is 15.6. The van der Waals surface area contributed by atoms with Crippen LogP contribution in [0.5, 0.6) is 0 Å². The minimum absolute atomic E-state index is 0.659. The molecule has 0 saturated heterocycles. The predicted molar refractivity (Wildman–Crippen MR) is 57.3 cm³/mol. The molecule has 3 heterocycles. The molecule has 0 aliphatic carbocycles. The van der Waals surface area contributed by atoms with Gasteiger partial charge >= 0.3 is 0 Å².